The predicted molar refractivity (Wildman–Crippen MR) is 104 cm³/mol. The van der Waals surface area contributed by atoms with Crippen molar-refractivity contribution in [2.24, 2.45) is 11.8 Å². The zero-order valence-corrected chi connectivity index (χ0v) is 16.1. The molecule has 1 aromatic carbocycles. The Hall–Kier alpha value is -2.67. The zero-order valence-electron chi connectivity index (χ0n) is 16.1. The summed E-state index contributed by atoms with van der Waals surface area (Å²) in [7, 11) is 1.55. The molecule has 2 aliphatic rings. The van der Waals surface area contributed by atoms with Gasteiger partial charge < -0.3 is 15.7 Å². The van der Waals surface area contributed by atoms with Crippen LogP contribution < -0.4 is 10.6 Å². The Balaban J connectivity index is 1.62. The van der Waals surface area contributed by atoms with Crippen molar-refractivity contribution in [2.45, 2.75) is 44.4 Å². The van der Waals surface area contributed by atoms with E-state index in [0.717, 1.165) is 24.8 Å². The molecule has 0 saturated heterocycles. The number of rotatable bonds is 6. The van der Waals surface area contributed by atoms with Gasteiger partial charge in [-0.2, -0.15) is 5.10 Å². The summed E-state index contributed by atoms with van der Waals surface area (Å²) in [5.74, 6) is 0.197. The molecule has 2 aliphatic carbocycles. The number of amides is 2. The van der Waals surface area contributed by atoms with Crippen LogP contribution in [-0.2, 0) is 0 Å². The molecular formula is C21H26N4O3. The summed E-state index contributed by atoms with van der Waals surface area (Å²) in [6.45, 7) is 2.03. The molecule has 2 fully saturated rings. The summed E-state index contributed by atoms with van der Waals surface area (Å²) in [4.78, 5) is 25.2. The lowest BCUT2D eigenvalue weighted by Gasteiger charge is -2.19. The maximum Gasteiger partial charge on any atom is 0.271 e. The minimum absolute atomic E-state index is 0.111. The van der Waals surface area contributed by atoms with Crippen molar-refractivity contribution in [3.63, 3.8) is 0 Å². The van der Waals surface area contributed by atoms with Crippen LogP contribution in [0, 0.1) is 11.8 Å². The van der Waals surface area contributed by atoms with Gasteiger partial charge in [-0.05, 0) is 36.7 Å². The van der Waals surface area contributed by atoms with E-state index in [-0.39, 0.29) is 35.7 Å². The van der Waals surface area contributed by atoms with Gasteiger partial charge in [0.05, 0.1) is 12.1 Å². The summed E-state index contributed by atoms with van der Waals surface area (Å²) < 4.78 is 1.67. The van der Waals surface area contributed by atoms with Gasteiger partial charge in [-0.25, -0.2) is 0 Å². The number of aliphatic hydroxyl groups excluding tert-OH is 1. The van der Waals surface area contributed by atoms with Crippen LogP contribution in [0.4, 0.5) is 0 Å². The predicted octanol–water partition coefficient (Wildman–Crippen LogP) is 1.74. The van der Waals surface area contributed by atoms with Gasteiger partial charge in [0.1, 0.15) is 5.69 Å². The minimum Gasteiger partial charge on any atom is -0.393 e. The van der Waals surface area contributed by atoms with Crippen molar-refractivity contribution in [3.8, 4) is 0 Å². The lowest BCUT2D eigenvalue weighted by molar-refractivity contribution is 0.0922. The van der Waals surface area contributed by atoms with Gasteiger partial charge in [0.2, 0.25) is 0 Å². The summed E-state index contributed by atoms with van der Waals surface area (Å²) in [5, 5.41) is 19.8. The summed E-state index contributed by atoms with van der Waals surface area (Å²) in [5.41, 5.74) is 1.66. The molecule has 0 bridgehead atoms. The molecule has 2 amide bonds. The molecular weight excluding hydrogens is 356 g/mol. The van der Waals surface area contributed by atoms with Gasteiger partial charge in [0.25, 0.3) is 11.8 Å². The fourth-order valence-electron chi connectivity index (χ4n) is 4.52. The van der Waals surface area contributed by atoms with E-state index in [4.69, 9.17) is 0 Å². The average Bonchev–Trinajstić information content (AvgIpc) is 3.06. The highest BCUT2D eigenvalue weighted by atomic mass is 16.3. The van der Waals surface area contributed by atoms with Crippen molar-refractivity contribution < 1.29 is 14.7 Å². The maximum absolute atomic E-state index is 13.0. The Morgan fingerprint density at radius 2 is 1.89 bits per heavy atom. The van der Waals surface area contributed by atoms with E-state index >= 15 is 0 Å². The molecule has 0 unspecified atom stereocenters. The fraction of sp³-hybridized carbons (Fsp3) is 0.476. The highest BCUT2D eigenvalue weighted by Gasteiger charge is 2.56. The highest BCUT2D eigenvalue weighted by molar-refractivity contribution is 5.98. The van der Waals surface area contributed by atoms with E-state index in [9.17, 15) is 14.7 Å². The van der Waals surface area contributed by atoms with Crippen molar-refractivity contribution >= 4 is 11.8 Å². The molecule has 4 rings (SSSR count). The molecule has 7 heteroatoms. The Bertz CT molecular complexity index is 867. The highest BCUT2D eigenvalue weighted by Crippen LogP contribution is 2.52. The molecule has 0 radical (unpaired) electrons. The number of nitrogens with zero attached hydrogens (tertiary/aromatic N) is 2. The molecule has 2 saturated carbocycles. The Kier molecular flexibility index (Phi) is 4.93. The van der Waals surface area contributed by atoms with Crippen LogP contribution in [0.1, 0.15) is 58.8 Å². The van der Waals surface area contributed by atoms with Gasteiger partial charge in [0.15, 0.2) is 5.69 Å². The van der Waals surface area contributed by atoms with Crippen molar-refractivity contribution in [3.05, 3.63) is 53.3 Å². The second kappa shape index (κ2) is 7.39. The second-order valence-electron chi connectivity index (χ2n) is 7.73. The van der Waals surface area contributed by atoms with Crippen LogP contribution in [0.5, 0.6) is 0 Å². The number of hydrogen-bond donors (Lipinski definition) is 3. The SMILES string of the molecule is CC[C@@H](c1ccccc1)n1nc(C(=O)NC)cc1C(=O)N[C@H]1[C@@H]2C[C@H](O)C[C@@H]21. The number of nitrogens with one attached hydrogen (secondary N) is 2. The summed E-state index contributed by atoms with van der Waals surface area (Å²) >= 11 is 0. The summed E-state index contributed by atoms with van der Waals surface area (Å²) in [6, 6.07) is 11.4. The van der Waals surface area contributed by atoms with Crippen LogP contribution in [0.2, 0.25) is 0 Å². The van der Waals surface area contributed by atoms with Crippen molar-refractivity contribution in [1.29, 1.82) is 0 Å². The number of hydrogen-bond acceptors (Lipinski definition) is 4. The number of benzene rings is 1. The number of carbonyl (C=O) groups is 2. The van der Waals surface area contributed by atoms with Crippen LogP contribution in [0.3, 0.4) is 0 Å². The molecule has 0 spiro atoms. The Morgan fingerprint density at radius 3 is 2.50 bits per heavy atom. The standard InChI is InChI=1S/C21H26N4O3/c1-3-17(12-7-5-4-6-8-12)25-18(11-16(24-25)20(27)22-2)21(28)23-19-14-9-13(26)10-15(14)19/h4-8,11,13-15,17,19,26H,3,9-10H2,1-2H3,(H,22,27)(H,23,28)/t13-,14+,15-,17-,19-/m0/s1. The number of aliphatic hydroxyl groups is 1. The van der Waals surface area contributed by atoms with Gasteiger partial charge >= 0.3 is 0 Å². The first-order valence-corrected chi connectivity index (χ1v) is 9.89. The third-order valence-electron chi connectivity index (χ3n) is 6.01. The third kappa shape index (κ3) is 3.30. The fourth-order valence-corrected chi connectivity index (χ4v) is 4.52. The topological polar surface area (TPSA) is 96.2 Å². The van der Waals surface area contributed by atoms with E-state index < -0.39 is 0 Å². The largest absolute Gasteiger partial charge is 0.393 e. The van der Waals surface area contributed by atoms with Crippen LogP contribution in [0.25, 0.3) is 0 Å². The molecule has 2 aromatic rings. The van der Waals surface area contributed by atoms with E-state index in [0.29, 0.717) is 17.5 Å². The molecule has 7 nitrogen and oxygen atoms in total. The van der Waals surface area contributed by atoms with Gasteiger partial charge in [0, 0.05) is 19.2 Å². The van der Waals surface area contributed by atoms with Crippen molar-refractivity contribution in [2.75, 3.05) is 7.05 Å². The molecule has 0 aliphatic heterocycles. The molecule has 1 heterocycles. The molecule has 148 valence electrons. The second-order valence-corrected chi connectivity index (χ2v) is 7.73. The number of carbonyl (C=O) groups excluding carboxylic acids is 2. The average molecular weight is 382 g/mol. The van der Waals surface area contributed by atoms with Crippen LogP contribution in [-0.4, -0.2) is 45.9 Å². The molecule has 28 heavy (non-hydrogen) atoms. The van der Waals surface area contributed by atoms with Crippen molar-refractivity contribution in [1.82, 2.24) is 20.4 Å². The smallest absolute Gasteiger partial charge is 0.271 e. The lowest BCUT2D eigenvalue weighted by Crippen LogP contribution is -2.32. The van der Waals surface area contributed by atoms with E-state index in [1.54, 1.807) is 17.8 Å². The first-order valence-electron chi connectivity index (χ1n) is 9.89. The molecule has 3 N–H and O–H groups in total. The maximum atomic E-state index is 13.0. The lowest BCUT2D eigenvalue weighted by atomic mass is 10.0. The normalized spacial score (nSPS) is 26.4. The quantitative estimate of drug-likeness (QED) is 0.709. The third-order valence-corrected chi connectivity index (χ3v) is 6.01. The first-order chi connectivity index (χ1) is 13.5. The number of aromatic nitrogens is 2. The van der Waals surface area contributed by atoms with E-state index in [2.05, 4.69) is 15.7 Å². The van der Waals surface area contributed by atoms with Crippen LogP contribution >= 0.6 is 0 Å². The molecule has 5 atom stereocenters. The zero-order chi connectivity index (χ0) is 19.8. The van der Waals surface area contributed by atoms with Gasteiger partial charge in [-0.1, -0.05) is 37.3 Å². The van der Waals surface area contributed by atoms with Gasteiger partial charge in [-0.3, -0.25) is 14.3 Å². The first kappa shape index (κ1) is 18.7. The minimum atomic E-state index is -0.317. The number of fused-ring (bicyclic) bond motifs is 1. The van der Waals surface area contributed by atoms with E-state index in [1.807, 2.05) is 37.3 Å². The van der Waals surface area contributed by atoms with E-state index in [1.165, 1.54) is 0 Å². The van der Waals surface area contributed by atoms with Crippen LogP contribution in [0.15, 0.2) is 36.4 Å². The monoisotopic (exact) mass is 382 g/mol. The molecule has 1 aromatic heterocycles. The Morgan fingerprint density at radius 1 is 1.21 bits per heavy atom. The Labute approximate surface area is 164 Å². The van der Waals surface area contributed by atoms with Gasteiger partial charge in [-0.15, -0.1) is 0 Å². The summed E-state index contributed by atoms with van der Waals surface area (Å²) in [6.07, 6.45) is 2.00.